The van der Waals surface area contributed by atoms with Crippen molar-refractivity contribution >= 4 is 28.8 Å². The Balaban J connectivity index is 3.46. The van der Waals surface area contributed by atoms with E-state index in [-0.39, 0.29) is 0 Å². The zero-order valence-corrected chi connectivity index (χ0v) is 6.64. The quantitative estimate of drug-likeness (QED) is 0.462. The Morgan fingerprint density at radius 1 is 1.71 bits per heavy atom. The van der Waals surface area contributed by atoms with E-state index in [1.54, 1.807) is 13.3 Å². The zero-order chi connectivity index (χ0) is 5.70. The first-order valence-electron chi connectivity index (χ1n) is 2.02. The zero-order valence-electron chi connectivity index (χ0n) is 4.48. The molecule has 0 amide bonds. The Hall–Kier alpha value is 0.140. The maximum absolute atomic E-state index is 3.77. The smallest absolute Gasteiger partial charge is 0.0277 e. The summed E-state index contributed by atoms with van der Waals surface area (Å²) in [5.41, 5.74) is 0. The molecule has 0 N–H and O–H groups in total. The predicted molar refractivity (Wildman–Crippen MR) is 42.2 cm³/mol. The van der Waals surface area contributed by atoms with Crippen LogP contribution in [0.25, 0.3) is 0 Å². The first-order valence-corrected chi connectivity index (χ1v) is 3.10. The van der Waals surface area contributed by atoms with Crippen LogP contribution in [0, 0.1) is 0 Å². The van der Waals surface area contributed by atoms with Gasteiger partial charge in [-0.25, -0.2) is 0 Å². The van der Waals surface area contributed by atoms with Crippen molar-refractivity contribution in [3.8, 4) is 0 Å². The van der Waals surface area contributed by atoms with Crippen LogP contribution in [0.3, 0.4) is 0 Å². The van der Waals surface area contributed by atoms with Crippen molar-refractivity contribution in [2.45, 2.75) is 6.92 Å². The van der Waals surface area contributed by atoms with Crippen molar-refractivity contribution in [3.63, 3.8) is 0 Å². The van der Waals surface area contributed by atoms with Crippen LogP contribution in [0.5, 0.6) is 0 Å². The third kappa shape index (κ3) is 6.14. The molecule has 0 spiro atoms. The van der Waals surface area contributed by atoms with Gasteiger partial charge in [0, 0.05) is 13.3 Å². The Morgan fingerprint density at radius 3 is 2.43 bits per heavy atom. The van der Waals surface area contributed by atoms with E-state index in [2.05, 4.69) is 27.6 Å². The van der Waals surface area contributed by atoms with Crippen LogP contribution >= 0.6 is 22.6 Å². The minimum atomic E-state index is 1.25. The molecule has 1 nitrogen and oxygen atoms in total. The topological polar surface area (TPSA) is 12.4 Å². The van der Waals surface area contributed by atoms with Crippen LogP contribution in [0.1, 0.15) is 6.92 Å². The van der Waals surface area contributed by atoms with Crippen molar-refractivity contribution in [2.75, 3.05) is 7.05 Å². The van der Waals surface area contributed by atoms with E-state index in [0.29, 0.717) is 0 Å². The van der Waals surface area contributed by atoms with Gasteiger partial charge in [0.1, 0.15) is 0 Å². The maximum atomic E-state index is 3.77. The van der Waals surface area contributed by atoms with Gasteiger partial charge in [0.05, 0.1) is 0 Å². The molecule has 0 bridgehead atoms. The fourth-order valence-corrected chi connectivity index (χ4v) is 0.338. The highest BCUT2D eigenvalue weighted by Gasteiger charge is 1.68. The van der Waals surface area contributed by atoms with E-state index in [1.807, 2.05) is 13.0 Å². The third-order valence-electron chi connectivity index (χ3n) is 0.453. The molecule has 0 rings (SSSR count). The standard InChI is InChI=1S/C5H8IN/c1-5(6)3-4-7-2/h3-4H,1-2H3/b5-3+,7-4?. The van der Waals surface area contributed by atoms with Crippen LogP contribution in [0.4, 0.5) is 0 Å². The fraction of sp³-hybridized carbons (Fsp3) is 0.400. The Kier molecular flexibility index (Phi) is 4.39. The van der Waals surface area contributed by atoms with Gasteiger partial charge in [-0.3, -0.25) is 4.99 Å². The predicted octanol–water partition coefficient (Wildman–Crippen LogP) is 2.03. The second kappa shape index (κ2) is 4.30. The number of rotatable bonds is 1. The first-order chi connectivity index (χ1) is 3.27. The van der Waals surface area contributed by atoms with E-state index in [4.69, 9.17) is 0 Å². The summed E-state index contributed by atoms with van der Waals surface area (Å²) in [6.45, 7) is 2.03. The molecular formula is C5H8IN. The number of allylic oxidation sites excluding steroid dienone is 2. The molecule has 0 aromatic rings. The molecule has 0 aromatic heterocycles. The molecule has 0 aliphatic rings. The second-order valence-corrected chi connectivity index (χ2v) is 2.86. The van der Waals surface area contributed by atoms with Gasteiger partial charge in [0.25, 0.3) is 0 Å². The van der Waals surface area contributed by atoms with Gasteiger partial charge >= 0.3 is 0 Å². The highest BCUT2D eigenvalue weighted by atomic mass is 127. The van der Waals surface area contributed by atoms with Gasteiger partial charge in [0.2, 0.25) is 0 Å². The maximum Gasteiger partial charge on any atom is 0.0277 e. The molecule has 0 saturated heterocycles. The Morgan fingerprint density at radius 2 is 2.29 bits per heavy atom. The van der Waals surface area contributed by atoms with Crippen molar-refractivity contribution in [1.82, 2.24) is 0 Å². The summed E-state index contributed by atoms with van der Waals surface area (Å²) in [5.74, 6) is 0. The lowest BCUT2D eigenvalue weighted by molar-refractivity contribution is 1.47. The molecule has 0 radical (unpaired) electrons. The van der Waals surface area contributed by atoms with Gasteiger partial charge in [0.15, 0.2) is 0 Å². The van der Waals surface area contributed by atoms with Gasteiger partial charge in [-0.2, -0.15) is 0 Å². The van der Waals surface area contributed by atoms with Crippen LogP contribution < -0.4 is 0 Å². The molecule has 0 unspecified atom stereocenters. The van der Waals surface area contributed by atoms with E-state index in [0.717, 1.165) is 0 Å². The molecule has 0 aliphatic heterocycles. The van der Waals surface area contributed by atoms with Crippen molar-refractivity contribution < 1.29 is 0 Å². The average molecular weight is 209 g/mol. The van der Waals surface area contributed by atoms with Crippen molar-refractivity contribution in [2.24, 2.45) is 4.99 Å². The Labute approximate surface area is 57.7 Å². The molecule has 0 fully saturated rings. The number of nitrogens with zero attached hydrogens (tertiary/aromatic N) is 1. The summed E-state index contributed by atoms with van der Waals surface area (Å²) in [4.78, 5) is 3.77. The monoisotopic (exact) mass is 209 g/mol. The number of aliphatic imine (C=N–C) groups is 1. The number of halogens is 1. The minimum Gasteiger partial charge on any atom is -0.296 e. The summed E-state index contributed by atoms with van der Waals surface area (Å²) >= 11 is 2.24. The largest absolute Gasteiger partial charge is 0.296 e. The van der Waals surface area contributed by atoms with E-state index in [9.17, 15) is 0 Å². The minimum absolute atomic E-state index is 1.25. The molecule has 0 heterocycles. The lowest BCUT2D eigenvalue weighted by Crippen LogP contribution is -1.61. The molecule has 7 heavy (non-hydrogen) atoms. The second-order valence-electron chi connectivity index (χ2n) is 1.16. The van der Waals surface area contributed by atoms with Crippen molar-refractivity contribution in [1.29, 1.82) is 0 Å². The molecule has 0 aromatic carbocycles. The summed E-state index contributed by atoms with van der Waals surface area (Å²) < 4.78 is 1.25. The summed E-state index contributed by atoms with van der Waals surface area (Å²) in [5, 5.41) is 0. The van der Waals surface area contributed by atoms with Crippen molar-refractivity contribution in [3.05, 3.63) is 9.66 Å². The van der Waals surface area contributed by atoms with Crippen LogP contribution in [-0.4, -0.2) is 13.3 Å². The number of hydrogen-bond acceptors (Lipinski definition) is 1. The average Bonchev–Trinajstić information content (AvgIpc) is 1.61. The third-order valence-corrected chi connectivity index (χ3v) is 0.813. The molecule has 2 heteroatoms. The fourth-order valence-electron chi connectivity index (χ4n) is 0.177. The van der Waals surface area contributed by atoms with E-state index < -0.39 is 0 Å². The molecule has 40 valence electrons. The first kappa shape index (κ1) is 7.14. The van der Waals surface area contributed by atoms with Gasteiger partial charge in [-0.1, -0.05) is 0 Å². The van der Waals surface area contributed by atoms with Crippen LogP contribution in [0.2, 0.25) is 0 Å². The summed E-state index contributed by atoms with van der Waals surface area (Å²) in [7, 11) is 1.76. The molecule has 0 saturated carbocycles. The normalized spacial score (nSPS) is 13.3. The highest BCUT2D eigenvalue weighted by molar-refractivity contribution is 14.1. The number of hydrogen-bond donors (Lipinski definition) is 0. The van der Waals surface area contributed by atoms with Crippen LogP contribution in [-0.2, 0) is 0 Å². The lowest BCUT2D eigenvalue weighted by Gasteiger charge is -1.75. The molecule has 0 aliphatic carbocycles. The van der Waals surface area contributed by atoms with Crippen LogP contribution in [0.15, 0.2) is 14.6 Å². The molecular weight excluding hydrogens is 201 g/mol. The summed E-state index contributed by atoms with van der Waals surface area (Å²) in [6, 6.07) is 0. The van der Waals surface area contributed by atoms with E-state index >= 15 is 0 Å². The molecule has 0 atom stereocenters. The van der Waals surface area contributed by atoms with Gasteiger partial charge in [-0.15, -0.1) is 0 Å². The SMILES string of the molecule is CN=C/C=C(\C)I. The Bertz CT molecular complexity index is 90.3. The van der Waals surface area contributed by atoms with Gasteiger partial charge in [-0.05, 0) is 39.2 Å². The summed E-state index contributed by atoms with van der Waals surface area (Å²) in [6.07, 6.45) is 3.74. The highest BCUT2D eigenvalue weighted by Crippen LogP contribution is 1.99. The van der Waals surface area contributed by atoms with E-state index in [1.165, 1.54) is 3.58 Å². The van der Waals surface area contributed by atoms with Gasteiger partial charge < -0.3 is 0 Å². The lowest BCUT2D eigenvalue weighted by atomic mass is 10.6.